The van der Waals surface area contributed by atoms with E-state index < -0.39 is 10.0 Å². The zero-order valence-corrected chi connectivity index (χ0v) is 12.0. The van der Waals surface area contributed by atoms with Crippen LogP contribution in [-0.2, 0) is 16.4 Å². The summed E-state index contributed by atoms with van der Waals surface area (Å²) in [6, 6.07) is 6.27. The predicted octanol–water partition coefficient (Wildman–Crippen LogP) is 0.274. The van der Waals surface area contributed by atoms with E-state index in [2.05, 4.69) is 26.5 Å². The van der Waals surface area contributed by atoms with Gasteiger partial charge in [0.15, 0.2) is 0 Å². The number of imidazole rings is 1. The van der Waals surface area contributed by atoms with Crippen molar-refractivity contribution in [2.24, 2.45) is 0 Å². The highest BCUT2D eigenvalue weighted by atomic mass is 32.2. The summed E-state index contributed by atoms with van der Waals surface area (Å²) in [7, 11) is -3.58. The first-order chi connectivity index (χ1) is 10.1. The molecular weight excluding hydrogens is 290 g/mol. The van der Waals surface area contributed by atoms with E-state index in [0.717, 1.165) is 5.82 Å². The third-order valence-corrected chi connectivity index (χ3v) is 4.12. The van der Waals surface area contributed by atoms with Gasteiger partial charge in [0.05, 0.1) is 4.90 Å². The Kier molecular flexibility index (Phi) is 5.11. The van der Waals surface area contributed by atoms with Crippen LogP contribution in [0.5, 0.6) is 0 Å². The molecule has 0 atom stereocenters. The van der Waals surface area contributed by atoms with Crippen LogP contribution in [0.2, 0.25) is 0 Å². The van der Waals surface area contributed by atoms with Gasteiger partial charge >= 0.3 is 0 Å². The molecule has 1 heterocycles. The summed E-state index contributed by atoms with van der Waals surface area (Å²) in [6.07, 6.45) is 3.79. The number of aromatic amines is 1. The van der Waals surface area contributed by atoms with Crippen molar-refractivity contribution >= 4 is 10.0 Å². The Morgan fingerprint density at radius 1 is 1.38 bits per heavy atom. The number of sulfonamides is 1. The van der Waals surface area contributed by atoms with Crippen LogP contribution in [0.15, 0.2) is 41.6 Å². The highest BCUT2D eigenvalue weighted by molar-refractivity contribution is 7.89. The molecule has 7 heteroatoms. The average molecular weight is 305 g/mol. The van der Waals surface area contributed by atoms with Crippen molar-refractivity contribution in [3.05, 3.63) is 48.0 Å². The lowest BCUT2D eigenvalue weighted by atomic mass is 10.2. The zero-order valence-electron chi connectivity index (χ0n) is 11.2. The Hall–Kier alpha value is -2.14. The summed E-state index contributed by atoms with van der Waals surface area (Å²) in [5.74, 6) is 5.88. The quantitative estimate of drug-likeness (QED) is 0.691. The molecule has 0 fully saturated rings. The monoisotopic (exact) mass is 305 g/mol. The number of nitrogens with zero attached hydrogens (tertiary/aromatic N) is 1. The number of nitrogens with one attached hydrogen (secondary N) is 2. The fourth-order valence-electron chi connectivity index (χ4n) is 1.70. The van der Waals surface area contributed by atoms with Crippen LogP contribution in [0.25, 0.3) is 0 Å². The molecule has 21 heavy (non-hydrogen) atoms. The molecule has 0 aliphatic heterocycles. The van der Waals surface area contributed by atoms with Crippen molar-refractivity contribution in [3.8, 4) is 11.8 Å². The number of aliphatic hydroxyl groups is 1. The number of hydrogen-bond acceptors (Lipinski definition) is 4. The molecule has 0 radical (unpaired) electrons. The smallest absolute Gasteiger partial charge is 0.240 e. The van der Waals surface area contributed by atoms with Gasteiger partial charge in [-0.3, -0.25) is 0 Å². The van der Waals surface area contributed by atoms with E-state index in [-0.39, 0.29) is 18.0 Å². The molecule has 0 bridgehead atoms. The first kappa shape index (κ1) is 15.3. The van der Waals surface area contributed by atoms with Crippen LogP contribution in [0.1, 0.15) is 11.4 Å². The minimum absolute atomic E-state index is 0.145. The van der Waals surface area contributed by atoms with Crippen LogP contribution < -0.4 is 4.72 Å². The van der Waals surface area contributed by atoms with Crippen molar-refractivity contribution < 1.29 is 13.5 Å². The van der Waals surface area contributed by atoms with Crippen LogP contribution in [0.4, 0.5) is 0 Å². The van der Waals surface area contributed by atoms with E-state index in [1.54, 1.807) is 24.5 Å². The second-order valence-electron chi connectivity index (χ2n) is 4.17. The summed E-state index contributed by atoms with van der Waals surface area (Å²) in [6.45, 7) is -0.0131. The lowest BCUT2D eigenvalue weighted by molar-refractivity contribution is 0.350. The molecule has 0 aliphatic carbocycles. The molecule has 2 aromatic rings. The molecule has 0 aliphatic rings. The van der Waals surface area contributed by atoms with Crippen LogP contribution in [0, 0.1) is 11.8 Å². The Balaban J connectivity index is 2.04. The molecular formula is C14H15N3O3S. The van der Waals surface area contributed by atoms with E-state index in [9.17, 15) is 8.42 Å². The summed E-state index contributed by atoms with van der Waals surface area (Å²) < 4.78 is 26.8. The molecule has 1 aromatic heterocycles. The van der Waals surface area contributed by atoms with Gasteiger partial charge in [-0.25, -0.2) is 18.1 Å². The molecule has 3 N–H and O–H groups in total. The zero-order chi connectivity index (χ0) is 15.1. The van der Waals surface area contributed by atoms with Crippen molar-refractivity contribution in [3.63, 3.8) is 0 Å². The number of hydrogen-bond donors (Lipinski definition) is 3. The third kappa shape index (κ3) is 4.43. The molecule has 2 rings (SSSR count). The summed E-state index contributed by atoms with van der Waals surface area (Å²) in [4.78, 5) is 7.08. The maximum Gasteiger partial charge on any atom is 0.240 e. The van der Waals surface area contributed by atoms with E-state index >= 15 is 0 Å². The summed E-state index contributed by atoms with van der Waals surface area (Å²) in [5, 5.41) is 8.65. The molecule has 0 amide bonds. The molecule has 110 valence electrons. The van der Waals surface area contributed by atoms with Gasteiger partial charge in [0.2, 0.25) is 10.0 Å². The van der Waals surface area contributed by atoms with E-state index in [4.69, 9.17) is 5.11 Å². The lowest BCUT2D eigenvalue weighted by Gasteiger charge is -2.06. The maximum atomic E-state index is 12.1. The highest BCUT2D eigenvalue weighted by Gasteiger charge is 2.13. The van der Waals surface area contributed by atoms with Gasteiger partial charge in [-0.2, -0.15) is 0 Å². The Morgan fingerprint density at radius 2 is 2.24 bits per heavy atom. The largest absolute Gasteiger partial charge is 0.384 e. The Labute approximate surface area is 123 Å². The Bertz CT molecular complexity index is 743. The summed E-state index contributed by atoms with van der Waals surface area (Å²) in [5.41, 5.74) is 0.540. The number of benzene rings is 1. The number of rotatable bonds is 5. The van der Waals surface area contributed by atoms with E-state index in [1.807, 2.05) is 0 Å². The fraction of sp³-hybridized carbons (Fsp3) is 0.214. The second kappa shape index (κ2) is 7.04. The minimum atomic E-state index is -3.58. The predicted molar refractivity (Wildman–Crippen MR) is 77.9 cm³/mol. The molecule has 0 unspecified atom stereocenters. The second-order valence-corrected chi connectivity index (χ2v) is 5.94. The number of H-pyrrole nitrogens is 1. The molecule has 0 spiro atoms. The van der Waals surface area contributed by atoms with Gasteiger partial charge in [0.1, 0.15) is 12.4 Å². The van der Waals surface area contributed by atoms with Gasteiger partial charge in [-0.05, 0) is 18.2 Å². The number of aromatic nitrogens is 2. The third-order valence-electron chi connectivity index (χ3n) is 2.66. The van der Waals surface area contributed by atoms with E-state index in [1.165, 1.54) is 12.1 Å². The summed E-state index contributed by atoms with van der Waals surface area (Å²) >= 11 is 0. The SMILES string of the molecule is O=S(=O)(NCCc1ncc[nH]1)c1cccc(C#CCO)c1. The first-order valence-corrected chi connectivity index (χ1v) is 7.78. The van der Waals surface area contributed by atoms with Crippen LogP contribution >= 0.6 is 0 Å². The van der Waals surface area contributed by atoms with Crippen LogP contribution in [-0.4, -0.2) is 36.6 Å². The fourth-order valence-corrected chi connectivity index (χ4v) is 2.78. The van der Waals surface area contributed by atoms with E-state index in [0.29, 0.717) is 12.0 Å². The molecule has 6 nitrogen and oxygen atoms in total. The first-order valence-electron chi connectivity index (χ1n) is 6.29. The van der Waals surface area contributed by atoms with Crippen molar-refractivity contribution in [2.45, 2.75) is 11.3 Å². The topological polar surface area (TPSA) is 95.1 Å². The van der Waals surface area contributed by atoms with Gasteiger partial charge in [-0.15, -0.1) is 0 Å². The van der Waals surface area contributed by atoms with Crippen molar-refractivity contribution in [2.75, 3.05) is 13.2 Å². The van der Waals surface area contributed by atoms with Crippen molar-refractivity contribution in [1.29, 1.82) is 0 Å². The average Bonchev–Trinajstić information content (AvgIpc) is 2.98. The minimum Gasteiger partial charge on any atom is -0.384 e. The van der Waals surface area contributed by atoms with Gasteiger partial charge in [0.25, 0.3) is 0 Å². The molecule has 0 saturated carbocycles. The van der Waals surface area contributed by atoms with Gasteiger partial charge < -0.3 is 10.1 Å². The number of aliphatic hydroxyl groups excluding tert-OH is 1. The maximum absolute atomic E-state index is 12.1. The van der Waals surface area contributed by atoms with Gasteiger partial charge in [-0.1, -0.05) is 17.9 Å². The normalized spacial score (nSPS) is 10.9. The molecule has 0 saturated heterocycles. The van der Waals surface area contributed by atoms with Crippen LogP contribution in [0.3, 0.4) is 0 Å². The molecule has 1 aromatic carbocycles. The highest BCUT2D eigenvalue weighted by Crippen LogP contribution is 2.10. The van der Waals surface area contributed by atoms with Crippen molar-refractivity contribution in [1.82, 2.24) is 14.7 Å². The Morgan fingerprint density at radius 3 is 2.95 bits per heavy atom. The standard InChI is InChI=1S/C14H15N3O3S/c18-10-2-4-12-3-1-5-13(11-12)21(19,20)17-7-6-14-15-8-9-16-14/h1,3,5,8-9,11,17-18H,6-7,10H2,(H,15,16). The lowest BCUT2D eigenvalue weighted by Crippen LogP contribution is -2.26. The van der Waals surface area contributed by atoms with Gasteiger partial charge in [0, 0.05) is 30.9 Å².